The van der Waals surface area contributed by atoms with Crippen molar-refractivity contribution in [2.45, 2.75) is 19.3 Å². The van der Waals surface area contributed by atoms with Crippen molar-refractivity contribution >= 4 is 11.6 Å². The first-order chi connectivity index (χ1) is 9.67. The van der Waals surface area contributed by atoms with Crippen LogP contribution < -0.4 is 9.64 Å². The summed E-state index contributed by atoms with van der Waals surface area (Å²) in [6.07, 6.45) is 0.396. The molecule has 20 heavy (non-hydrogen) atoms. The number of carbonyl (C=O) groups excluding carboxylic acids is 1. The van der Waals surface area contributed by atoms with E-state index >= 15 is 0 Å². The van der Waals surface area contributed by atoms with Gasteiger partial charge in [-0.3, -0.25) is 4.79 Å². The van der Waals surface area contributed by atoms with Crippen molar-refractivity contribution in [2.24, 2.45) is 0 Å². The van der Waals surface area contributed by atoms with E-state index in [0.29, 0.717) is 24.7 Å². The lowest BCUT2D eigenvalue weighted by atomic mass is 10.1. The van der Waals surface area contributed by atoms with E-state index in [9.17, 15) is 4.79 Å². The van der Waals surface area contributed by atoms with Gasteiger partial charge in [0.05, 0.1) is 13.0 Å². The zero-order valence-electron chi connectivity index (χ0n) is 11.4. The Balaban J connectivity index is 1.79. The number of nitrogens with zero attached hydrogens (tertiary/aromatic N) is 3. The molecule has 1 aliphatic rings. The molecule has 3 rings (SSSR count). The third-order valence-corrected chi connectivity index (χ3v) is 3.40. The molecule has 1 atom stereocenters. The van der Waals surface area contributed by atoms with E-state index < -0.39 is 0 Å². The highest BCUT2D eigenvalue weighted by atomic mass is 16.5. The van der Waals surface area contributed by atoms with Crippen LogP contribution in [0, 0.1) is 6.92 Å². The third-order valence-electron chi connectivity index (χ3n) is 3.40. The first kappa shape index (κ1) is 12.7. The van der Waals surface area contributed by atoms with Crippen molar-refractivity contribution in [1.82, 2.24) is 10.1 Å². The molecule has 0 aliphatic carbocycles. The average Bonchev–Trinajstić information content (AvgIpc) is 3.05. The lowest BCUT2D eigenvalue weighted by molar-refractivity contribution is -0.117. The van der Waals surface area contributed by atoms with Gasteiger partial charge in [-0.15, -0.1) is 0 Å². The monoisotopic (exact) mass is 273 g/mol. The van der Waals surface area contributed by atoms with Crippen molar-refractivity contribution in [2.75, 3.05) is 18.6 Å². The number of carbonyl (C=O) groups is 1. The van der Waals surface area contributed by atoms with Crippen LogP contribution in [-0.4, -0.2) is 29.7 Å². The van der Waals surface area contributed by atoms with Gasteiger partial charge in [-0.1, -0.05) is 5.16 Å². The van der Waals surface area contributed by atoms with Crippen molar-refractivity contribution < 1.29 is 14.1 Å². The molecule has 0 spiro atoms. The Labute approximate surface area is 116 Å². The molecule has 0 radical (unpaired) electrons. The molecular weight excluding hydrogens is 258 g/mol. The molecule has 0 N–H and O–H groups in total. The van der Waals surface area contributed by atoms with Gasteiger partial charge in [0.2, 0.25) is 11.8 Å². The number of anilines is 1. The van der Waals surface area contributed by atoms with Crippen LogP contribution in [0.1, 0.15) is 24.1 Å². The predicted molar refractivity (Wildman–Crippen MR) is 71.7 cm³/mol. The molecule has 0 bridgehead atoms. The minimum absolute atomic E-state index is 0.0363. The first-order valence-corrected chi connectivity index (χ1v) is 6.42. The molecule has 1 fully saturated rings. The van der Waals surface area contributed by atoms with E-state index in [1.807, 2.05) is 24.3 Å². The summed E-state index contributed by atoms with van der Waals surface area (Å²) in [4.78, 5) is 18.1. The Bertz CT molecular complexity index is 621. The fraction of sp³-hybridized carbons (Fsp3) is 0.357. The molecule has 2 aromatic rings. The van der Waals surface area contributed by atoms with Crippen LogP contribution in [0.15, 0.2) is 28.8 Å². The largest absolute Gasteiger partial charge is 0.497 e. The number of rotatable bonds is 3. The molecule has 1 aromatic carbocycles. The summed E-state index contributed by atoms with van der Waals surface area (Å²) >= 11 is 0. The molecule has 6 heteroatoms. The number of methoxy groups -OCH3 is 1. The van der Waals surface area contributed by atoms with Crippen LogP contribution in [0.4, 0.5) is 5.69 Å². The Kier molecular flexibility index (Phi) is 3.14. The predicted octanol–water partition coefficient (Wildman–Crippen LogP) is 1.91. The first-order valence-electron chi connectivity index (χ1n) is 6.42. The maximum atomic E-state index is 12.1. The molecule has 1 saturated heterocycles. The van der Waals surface area contributed by atoms with Crippen molar-refractivity contribution in [3.05, 3.63) is 36.0 Å². The SMILES string of the molecule is COc1ccc(N2CC(c3nc(C)no3)CC2=O)cc1. The van der Waals surface area contributed by atoms with Crippen molar-refractivity contribution in [3.63, 3.8) is 0 Å². The standard InChI is InChI=1S/C14H15N3O3/c1-9-15-14(20-16-9)10-7-13(18)17(8-10)11-3-5-12(19-2)6-4-11/h3-6,10H,7-8H2,1-2H3. The summed E-state index contributed by atoms with van der Waals surface area (Å²) in [5.74, 6) is 1.92. The van der Waals surface area contributed by atoms with Crippen molar-refractivity contribution in [1.29, 1.82) is 0 Å². The van der Waals surface area contributed by atoms with E-state index in [1.165, 1.54) is 0 Å². The highest BCUT2D eigenvalue weighted by molar-refractivity contribution is 5.96. The smallest absolute Gasteiger partial charge is 0.232 e. The fourth-order valence-electron chi connectivity index (χ4n) is 2.36. The molecule has 1 unspecified atom stereocenters. The minimum Gasteiger partial charge on any atom is -0.497 e. The molecule has 2 heterocycles. The molecule has 1 amide bonds. The van der Waals surface area contributed by atoms with Gasteiger partial charge in [0.15, 0.2) is 5.82 Å². The molecule has 6 nitrogen and oxygen atoms in total. The second-order valence-corrected chi connectivity index (χ2v) is 4.78. The quantitative estimate of drug-likeness (QED) is 0.854. The summed E-state index contributed by atoms with van der Waals surface area (Å²) in [5, 5.41) is 3.77. The van der Waals surface area contributed by atoms with E-state index in [-0.39, 0.29) is 11.8 Å². The highest BCUT2D eigenvalue weighted by Gasteiger charge is 2.34. The van der Waals surface area contributed by atoms with E-state index in [2.05, 4.69) is 10.1 Å². The van der Waals surface area contributed by atoms with Crippen molar-refractivity contribution in [3.8, 4) is 5.75 Å². The summed E-state index contributed by atoms with van der Waals surface area (Å²) in [5.41, 5.74) is 0.856. The number of aromatic nitrogens is 2. The fourth-order valence-corrected chi connectivity index (χ4v) is 2.36. The van der Waals surface area contributed by atoms with E-state index in [0.717, 1.165) is 11.4 Å². The highest BCUT2D eigenvalue weighted by Crippen LogP contribution is 2.31. The lowest BCUT2D eigenvalue weighted by Gasteiger charge is -2.16. The summed E-state index contributed by atoms with van der Waals surface area (Å²) < 4.78 is 10.3. The molecule has 0 saturated carbocycles. The molecular formula is C14H15N3O3. The topological polar surface area (TPSA) is 68.5 Å². The van der Waals surface area contributed by atoms with Crippen LogP contribution in [0.5, 0.6) is 5.75 Å². The lowest BCUT2D eigenvalue weighted by Crippen LogP contribution is -2.24. The van der Waals surface area contributed by atoms with Gasteiger partial charge in [0.25, 0.3) is 0 Å². The number of hydrogen-bond donors (Lipinski definition) is 0. The average molecular weight is 273 g/mol. The van der Waals surface area contributed by atoms with Crippen LogP contribution in [0.2, 0.25) is 0 Å². The Morgan fingerprint density at radius 1 is 1.35 bits per heavy atom. The van der Waals surface area contributed by atoms with Crippen LogP contribution in [-0.2, 0) is 4.79 Å². The number of benzene rings is 1. The molecule has 104 valence electrons. The summed E-state index contributed by atoms with van der Waals surface area (Å²) in [6, 6.07) is 7.43. The number of hydrogen-bond acceptors (Lipinski definition) is 5. The summed E-state index contributed by atoms with van der Waals surface area (Å²) in [6.45, 7) is 2.33. The Morgan fingerprint density at radius 2 is 2.10 bits per heavy atom. The maximum Gasteiger partial charge on any atom is 0.232 e. The van der Waals surface area contributed by atoms with Crippen LogP contribution in [0.3, 0.4) is 0 Å². The second kappa shape index (κ2) is 4.96. The molecule has 1 aliphatic heterocycles. The van der Waals surface area contributed by atoms with Gasteiger partial charge in [-0.2, -0.15) is 4.98 Å². The maximum absolute atomic E-state index is 12.1. The van der Waals surface area contributed by atoms with Gasteiger partial charge in [0, 0.05) is 18.7 Å². The van der Waals surface area contributed by atoms with Gasteiger partial charge in [-0.05, 0) is 31.2 Å². The van der Waals surface area contributed by atoms with E-state index in [4.69, 9.17) is 9.26 Å². The Hall–Kier alpha value is -2.37. The minimum atomic E-state index is -0.0363. The Morgan fingerprint density at radius 3 is 2.70 bits per heavy atom. The summed E-state index contributed by atoms with van der Waals surface area (Å²) in [7, 11) is 1.62. The normalized spacial score (nSPS) is 18.6. The van der Waals surface area contributed by atoms with Crippen LogP contribution >= 0.6 is 0 Å². The van der Waals surface area contributed by atoms with Gasteiger partial charge in [0.1, 0.15) is 5.75 Å². The zero-order valence-corrected chi connectivity index (χ0v) is 11.4. The van der Waals surface area contributed by atoms with Gasteiger partial charge >= 0.3 is 0 Å². The van der Waals surface area contributed by atoms with Gasteiger partial charge < -0.3 is 14.2 Å². The number of amides is 1. The van der Waals surface area contributed by atoms with Crippen LogP contribution in [0.25, 0.3) is 0 Å². The third kappa shape index (κ3) is 2.24. The number of ether oxygens (including phenoxy) is 1. The van der Waals surface area contributed by atoms with Gasteiger partial charge in [-0.25, -0.2) is 0 Å². The zero-order chi connectivity index (χ0) is 14.1. The number of aryl methyl sites for hydroxylation is 1. The van der Waals surface area contributed by atoms with E-state index in [1.54, 1.807) is 18.9 Å². The second-order valence-electron chi connectivity index (χ2n) is 4.78. The molecule has 1 aromatic heterocycles.